The van der Waals surface area contributed by atoms with Crippen molar-refractivity contribution in [2.45, 2.75) is 6.92 Å². The van der Waals surface area contributed by atoms with Crippen molar-refractivity contribution < 1.29 is 4.79 Å². The number of hydrogen-bond donors (Lipinski definition) is 0. The van der Waals surface area contributed by atoms with Gasteiger partial charge in [-0.2, -0.15) is 5.10 Å². The van der Waals surface area contributed by atoms with Gasteiger partial charge < -0.3 is 4.90 Å². The molecular weight excluding hydrogens is 372 g/mol. The van der Waals surface area contributed by atoms with Crippen LogP contribution in [0.15, 0.2) is 83.6 Å². The number of nitrogens with zero attached hydrogens (tertiary/aromatic N) is 4. The third-order valence-corrected chi connectivity index (χ3v) is 4.80. The summed E-state index contributed by atoms with van der Waals surface area (Å²) in [7, 11) is 1.79. The number of hydrogen-bond acceptors (Lipinski definition) is 3. The molecule has 0 spiro atoms. The molecule has 148 valence electrons. The number of carbonyl (C=O) groups is 1. The molecule has 4 rings (SSSR count). The fraction of sp³-hybridized carbons (Fsp3) is 0.160. The van der Waals surface area contributed by atoms with E-state index in [1.165, 1.54) is 5.57 Å². The number of aliphatic imine (C=N–C) groups is 1. The van der Waals surface area contributed by atoms with Crippen LogP contribution in [0.1, 0.15) is 28.4 Å². The van der Waals surface area contributed by atoms with E-state index in [0.717, 1.165) is 29.1 Å². The molecule has 1 aromatic heterocycles. The Morgan fingerprint density at radius 2 is 1.97 bits per heavy atom. The van der Waals surface area contributed by atoms with Gasteiger partial charge in [0.2, 0.25) is 0 Å². The predicted octanol–water partition coefficient (Wildman–Crippen LogP) is 3.75. The molecule has 0 saturated carbocycles. The van der Waals surface area contributed by atoms with E-state index in [1.807, 2.05) is 73.8 Å². The maximum absolute atomic E-state index is 13.0. The fourth-order valence-electron chi connectivity index (χ4n) is 3.27. The number of amides is 1. The standard InChI is InChI=1S/C25H22N4O/c1-19-15-23(26-17-19)18-28(2)25(30)22-11-12-24(29-14-6-13-27-29)21(16-22)10-9-20-7-4-3-5-8-20/h3-8,11-16H,17-18H2,1-2H3. The minimum absolute atomic E-state index is 0.0644. The summed E-state index contributed by atoms with van der Waals surface area (Å²) in [6.07, 6.45) is 5.63. The van der Waals surface area contributed by atoms with Crippen LogP contribution >= 0.6 is 0 Å². The van der Waals surface area contributed by atoms with Gasteiger partial charge in [-0.1, -0.05) is 35.6 Å². The van der Waals surface area contributed by atoms with Crippen molar-refractivity contribution in [3.63, 3.8) is 0 Å². The molecule has 0 bridgehead atoms. The van der Waals surface area contributed by atoms with E-state index in [4.69, 9.17) is 0 Å². The van der Waals surface area contributed by atoms with Gasteiger partial charge in [0.15, 0.2) is 0 Å². The summed E-state index contributed by atoms with van der Waals surface area (Å²) < 4.78 is 1.76. The first-order chi connectivity index (χ1) is 14.6. The average molecular weight is 394 g/mol. The second-order valence-electron chi connectivity index (χ2n) is 7.26. The Balaban J connectivity index is 1.65. The van der Waals surface area contributed by atoms with E-state index in [0.29, 0.717) is 12.1 Å². The maximum Gasteiger partial charge on any atom is 0.253 e. The second-order valence-corrected chi connectivity index (χ2v) is 7.26. The van der Waals surface area contributed by atoms with Gasteiger partial charge in [0.25, 0.3) is 5.91 Å². The molecule has 0 aliphatic carbocycles. The Hall–Kier alpha value is -3.91. The number of carbonyl (C=O) groups excluding carboxylic acids is 1. The molecule has 3 aromatic rings. The summed E-state index contributed by atoms with van der Waals surface area (Å²) >= 11 is 0. The lowest BCUT2D eigenvalue weighted by Gasteiger charge is -2.17. The molecule has 30 heavy (non-hydrogen) atoms. The van der Waals surface area contributed by atoms with Crippen LogP contribution in [0.5, 0.6) is 0 Å². The van der Waals surface area contributed by atoms with Crippen LogP contribution in [-0.2, 0) is 0 Å². The molecule has 0 unspecified atom stereocenters. The van der Waals surface area contributed by atoms with Crippen molar-refractivity contribution in [2.75, 3.05) is 20.1 Å². The zero-order chi connectivity index (χ0) is 20.9. The van der Waals surface area contributed by atoms with Gasteiger partial charge in [0, 0.05) is 30.6 Å². The fourth-order valence-corrected chi connectivity index (χ4v) is 3.27. The van der Waals surface area contributed by atoms with Crippen molar-refractivity contribution >= 4 is 11.6 Å². The molecule has 0 N–H and O–H groups in total. The highest BCUT2D eigenvalue weighted by Crippen LogP contribution is 2.17. The number of rotatable bonds is 4. The van der Waals surface area contributed by atoms with Crippen LogP contribution < -0.4 is 0 Å². The molecule has 2 aromatic carbocycles. The average Bonchev–Trinajstić information content (AvgIpc) is 3.44. The van der Waals surface area contributed by atoms with Gasteiger partial charge in [-0.15, -0.1) is 0 Å². The molecule has 1 amide bonds. The van der Waals surface area contributed by atoms with Crippen molar-refractivity contribution in [2.24, 2.45) is 4.99 Å². The molecule has 0 fully saturated rings. The predicted molar refractivity (Wildman–Crippen MR) is 119 cm³/mol. The van der Waals surface area contributed by atoms with Gasteiger partial charge >= 0.3 is 0 Å². The molecule has 0 saturated heterocycles. The molecule has 1 aliphatic rings. The lowest BCUT2D eigenvalue weighted by molar-refractivity contribution is 0.0815. The van der Waals surface area contributed by atoms with Crippen molar-refractivity contribution in [3.8, 4) is 17.5 Å². The first kappa shape index (κ1) is 19.4. The Morgan fingerprint density at radius 3 is 2.67 bits per heavy atom. The topological polar surface area (TPSA) is 50.5 Å². The van der Waals surface area contributed by atoms with Crippen LogP contribution in [-0.4, -0.2) is 46.4 Å². The maximum atomic E-state index is 13.0. The minimum Gasteiger partial charge on any atom is -0.336 e. The SMILES string of the molecule is CC1=CC(CN(C)C(=O)c2ccc(-n3cccn3)c(C#Cc3ccccc3)c2)=NC1. The molecular formula is C25H22N4O. The largest absolute Gasteiger partial charge is 0.336 e. The third kappa shape index (κ3) is 4.39. The van der Waals surface area contributed by atoms with Gasteiger partial charge in [0.05, 0.1) is 30.1 Å². The lowest BCUT2D eigenvalue weighted by atomic mass is 10.1. The smallest absolute Gasteiger partial charge is 0.253 e. The van der Waals surface area contributed by atoms with Crippen molar-refractivity contribution in [3.05, 3.63) is 95.3 Å². The molecule has 2 heterocycles. The van der Waals surface area contributed by atoms with Gasteiger partial charge in [-0.3, -0.25) is 9.79 Å². The van der Waals surface area contributed by atoms with Gasteiger partial charge in [-0.25, -0.2) is 4.68 Å². The quantitative estimate of drug-likeness (QED) is 0.633. The Labute approximate surface area is 176 Å². The lowest BCUT2D eigenvalue weighted by Crippen LogP contribution is -2.31. The Kier molecular flexibility index (Phi) is 5.58. The normalized spacial score (nSPS) is 12.6. The van der Waals surface area contributed by atoms with Crippen LogP contribution in [0.4, 0.5) is 0 Å². The summed E-state index contributed by atoms with van der Waals surface area (Å²) in [5.41, 5.74) is 5.23. The molecule has 1 aliphatic heterocycles. The van der Waals surface area contributed by atoms with Crippen LogP contribution in [0.2, 0.25) is 0 Å². The molecule has 0 radical (unpaired) electrons. The minimum atomic E-state index is -0.0644. The molecule has 5 heteroatoms. The van der Waals surface area contributed by atoms with Crippen molar-refractivity contribution in [1.29, 1.82) is 0 Å². The summed E-state index contributed by atoms with van der Waals surface area (Å²) in [6, 6.07) is 17.2. The Morgan fingerprint density at radius 1 is 1.13 bits per heavy atom. The van der Waals surface area contributed by atoms with E-state index in [2.05, 4.69) is 21.9 Å². The summed E-state index contributed by atoms with van der Waals surface area (Å²) in [5, 5.41) is 4.32. The second kappa shape index (κ2) is 8.62. The molecule has 5 nitrogen and oxygen atoms in total. The van der Waals surface area contributed by atoms with E-state index in [9.17, 15) is 4.79 Å². The van der Waals surface area contributed by atoms with Crippen molar-refractivity contribution in [1.82, 2.24) is 14.7 Å². The van der Waals surface area contributed by atoms with E-state index in [-0.39, 0.29) is 5.91 Å². The van der Waals surface area contributed by atoms with Crippen LogP contribution in [0, 0.1) is 11.8 Å². The zero-order valence-electron chi connectivity index (χ0n) is 17.0. The summed E-state index contributed by atoms with van der Waals surface area (Å²) in [6.45, 7) is 3.25. The highest BCUT2D eigenvalue weighted by atomic mass is 16.2. The van der Waals surface area contributed by atoms with Gasteiger partial charge in [0.1, 0.15) is 0 Å². The molecule has 0 atom stereocenters. The van der Waals surface area contributed by atoms with Crippen LogP contribution in [0.25, 0.3) is 5.69 Å². The number of benzene rings is 2. The van der Waals surface area contributed by atoms with E-state index >= 15 is 0 Å². The van der Waals surface area contributed by atoms with E-state index in [1.54, 1.807) is 22.8 Å². The monoisotopic (exact) mass is 394 g/mol. The summed E-state index contributed by atoms with van der Waals surface area (Å²) in [5.74, 6) is 6.33. The highest BCUT2D eigenvalue weighted by molar-refractivity contribution is 6.03. The first-order valence-electron chi connectivity index (χ1n) is 9.77. The van der Waals surface area contributed by atoms with Gasteiger partial charge in [-0.05, 0) is 49.4 Å². The zero-order valence-corrected chi connectivity index (χ0v) is 17.0. The third-order valence-electron chi connectivity index (χ3n) is 4.80. The van der Waals surface area contributed by atoms with Crippen LogP contribution in [0.3, 0.4) is 0 Å². The summed E-state index contributed by atoms with van der Waals surface area (Å²) in [4.78, 5) is 19.2. The number of aromatic nitrogens is 2. The van der Waals surface area contributed by atoms with E-state index < -0.39 is 0 Å². The Bertz CT molecular complexity index is 1180. The first-order valence-corrected chi connectivity index (χ1v) is 9.77. The highest BCUT2D eigenvalue weighted by Gasteiger charge is 2.16.